The summed E-state index contributed by atoms with van der Waals surface area (Å²) in [5.74, 6) is 2.10. The normalized spacial score (nSPS) is 13.7. The summed E-state index contributed by atoms with van der Waals surface area (Å²) in [6, 6.07) is 17.5. The van der Waals surface area contributed by atoms with Crippen molar-refractivity contribution in [2.75, 3.05) is 25.9 Å². The van der Waals surface area contributed by atoms with Crippen LogP contribution in [0.4, 0.5) is 0 Å². The van der Waals surface area contributed by atoms with Crippen molar-refractivity contribution in [3.63, 3.8) is 0 Å². The monoisotopic (exact) mass is 373 g/mol. The molecule has 140 valence electrons. The lowest BCUT2D eigenvalue weighted by Crippen LogP contribution is -2.43. The molecule has 0 aliphatic carbocycles. The third-order valence-corrected chi connectivity index (χ3v) is 5.16. The summed E-state index contributed by atoms with van der Waals surface area (Å²) < 4.78 is 18.2. The van der Waals surface area contributed by atoms with Gasteiger partial charge in [0.1, 0.15) is 11.9 Å². The number of nitrogens with one attached hydrogen (secondary N) is 2. The van der Waals surface area contributed by atoms with Crippen molar-refractivity contribution in [1.82, 2.24) is 10.6 Å². The van der Waals surface area contributed by atoms with Crippen LogP contribution in [0.15, 0.2) is 64.5 Å². The number of aryl methyl sites for hydroxylation is 1. The molecule has 6 heteroatoms. The Kier molecular flexibility index (Phi) is 8.15. The Morgan fingerprint density at radius 2 is 1.81 bits per heavy atom. The van der Waals surface area contributed by atoms with Gasteiger partial charge in [-0.3, -0.25) is 9.20 Å². The molecule has 5 nitrogen and oxygen atoms in total. The molecule has 0 radical (unpaired) electrons. The number of hydrogen-bond acceptors (Lipinski definition) is 3. The molecule has 0 bridgehead atoms. The molecule has 0 heterocycles. The molecule has 26 heavy (non-hydrogen) atoms. The van der Waals surface area contributed by atoms with Crippen LogP contribution in [0.1, 0.15) is 12.5 Å². The van der Waals surface area contributed by atoms with Crippen molar-refractivity contribution in [3.8, 4) is 5.75 Å². The Bertz CT molecular complexity index is 735. The summed E-state index contributed by atoms with van der Waals surface area (Å²) in [5.41, 5.74) is 1.12. The van der Waals surface area contributed by atoms with Crippen LogP contribution >= 0.6 is 0 Å². The maximum atomic E-state index is 12.2. The third kappa shape index (κ3) is 6.52. The topological polar surface area (TPSA) is 62.7 Å². The van der Waals surface area contributed by atoms with Gasteiger partial charge in [0.25, 0.3) is 0 Å². The van der Waals surface area contributed by atoms with E-state index in [4.69, 9.17) is 4.74 Å². The first-order valence-electron chi connectivity index (χ1n) is 8.70. The third-order valence-electron chi connectivity index (χ3n) is 3.79. The van der Waals surface area contributed by atoms with Crippen LogP contribution in [0.2, 0.25) is 0 Å². The van der Waals surface area contributed by atoms with Gasteiger partial charge in [-0.1, -0.05) is 36.4 Å². The van der Waals surface area contributed by atoms with Crippen LogP contribution in [0.5, 0.6) is 5.75 Å². The minimum Gasteiger partial charge on any atom is -0.489 e. The molecule has 0 aromatic heterocycles. The standard InChI is InChI=1S/C20H27N3O2S/c1-16-9-7-8-12-19(16)25-17(2)15-23-20(21-3)22-13-14-26(24)18-10-5-4-6-11-18/h4-12,17H,13-15H2,1-3H3,(H2,21,22,23). The fourth-order valence-corrected chi connectivity index (χ4v) is 3.34. The highest BCUT2D eigenvalue weighted by atomic mass is 32.2. The molecule has 2 atom stereocenters. The van der Waals surface area contributed by atoms with E-state index in [1.54, 1.807) is 7.05 Å². The highest BCUT2D eigenvalue weighted by Gasteiger charge is 2.08. The first-order valence-corrected chi connectivity index (χ1v) is 10.0. The SMILES string of the molecule is CN=C(NCCS(=O)c1ccccc1)NCC(C)Oc1ccccc1C. The molecule has 0 amide bonds. The zero-order valence-corrected chi connectivity index (χ0v) is 16.4. The average molecular weight is 374 g/mol. The van der Waals surface area contributed by atoms with Gasteiger partial charge in [-0.25, -0.2) is 0 Å². The summed E-state index contributed by atoms with van der Waals surface area (Å²) in [5, 5.41) is 6.43. The number of aliphatic imine (C=N–C) groups is 1. The molecule has 0 saturated heterocycles. The zero-order valence-electron chi connectivity index (χ0n) is 15.6. The highest BCUT2D eigenvalue weighted by molar-refractivity contribution is 7.85. The zero-order chi connectivity index (χ0) is 18.8. The first kappa shape index (κ1) is 20.0. The molecular weight excluding hydrogens is 346 g/mol. The summed E-state index contributed by atoms with van der Waals surface area (Å²) in [6.07, 6.45) is -0.00639. The maximum absolute atomic E-state index is 12.2. The molecule has 2 aromatic rings. The lowest BCUT2D eigenvalue weighted by atomic mass is 10.2. The molecule has 2 rings (SSSR count). The van der Waals surface area contributed by atoms with Crippen LogP contribution < -0.4 is 15.4 Å². The van der Waals surface area contributed by atoms with E-state index < -0.39 is 10.8 Å². The van der Waals surface area contributed by atoms with Crippen molar-refractivity contribution >= 4 is 16.8 Å². The fourth-order valence-electron chi connectivity index (χ4n) is 2.36. The molecule has 2 N–H and O–H groups in total. The van der Waals surface area contributed by atoms with Gasteiger partial charge in [0.2, 0.25) is 0 Å². The van der Waals surface area contributed by atoms with Crippen molar-refractivity contribution in [2.24, 2.45) is 4.99 Å². The Morgan fingerprint density at radius 1 is 1.12 bits per heavy atom. The lowest BCUT2D eigenvalue weighted by molar-refractivity contribution is 0.222. The van der Waals surface area contributed by atoms with Crippen LogP contribution in [0.3, 0.4) is 0 Å². The average Bonchev–Trinajstić information content (AvgIpc) is 2.67. The van der Waals surface area contributed by atoms with E-state index in [1.807, 2.05) is 68.4 Å². The minimum absolute atomic E-state index is 0.00639. The number of guanidine groups is 1. The van der Waals surface area contributed by atoms with E-state index in [9.17, 15) is 4.21 Å². The number of nitrogens with zero attached hydrogens (tertiary/aromatic N) is 1. The maximum Gasteiger partial charge on any atom is 0.191 e. The van der Waals surface area contributed by atoms with E-state index in [0.717, 1.165) is 16.2 Å². The lowest BCUT2D eigenvalue weighted by Gasteiger charge is -2.18. The summed E-state index contributed by atoms with van der Waals surface area (Å²) in [6.45, 7) is 5.24. The van der Waals surface area contributed by atoms with Crippen LogP contribution in [-0.2, 0) is 10.8 Å². The van der Waals surface area contributed by atoms with Crippen LogP contribution in [0, 0.1) is 6.92 Å². The largest absolute Gasteiger partial charge is 0.489 e. The van der Waals surface area contributed by atoms with Gasteiger partial charge in [0, 0.05) is 24.2 Å². The second kappa shape index (κ2) is 10.6. The fraction of sp³-hybridized carbons (Fsp3) is 0.350. The Balaban J connectivity index is 1.72. The number of hydrogen-bond donors (Lipinski definition) is 2. The van der Waals surface area contributed by atoms with Gasteiger partial charge in [-0.2, -0.15) is 0 Å². The number of benzene rings is 2. The van der Waals surface area contributed by atoms with Gasteiger partial charge in [-0.05, 0) is 37.6 Å². The summed E-state index contributed by atoms with van der Waals surface area (Å²) in [7, 11) is 0.705. The van der Waals surface area contributed by atoms with Crippen molar-refractivity contribution < 1.29 is 8.95 Å². The van der Waals surface area contributed by atoms with Crippen LogP contribution in [0.25, 0.3) is 0 Å². The van der Waals surface area contributed by atoms with Gasteiger partial charge in [0.15, 0.2) is 5.96 Å². The molecule has 2 aromatic carbocycles. The predicted octanol–water partition coefficient (Wildman–Crippen LogP) is 2.74. The van der Waals surface area contributed by atoms with Gasteiger partial charge >= 0.3 is 0 Å². The smallest absolute Gasteiger partial charge is 0.191 e. The second-order valence-electron chi connectivity index (χ2n) is 5.94. The molecule has 0 saturated carbocycles. The van der Waals surface area contributed by atoms with Gasteiger partial charge < -0.3 is 15.4 Å². The van der Waals surface area contributed by atoms with E-state index >= 15 is 0 Å². The number of rotatable bonds is 8. The summed E-state index contributed by atoms with van der Waals surface area (Å²) >= 11 is 0. The summed E-state index contributed by atoms with van der Waals surface area (Å²) in [4.78, 5) is 5.04. The van der Waals surface area contributed by atoms with Gasteiger partial charge in [0.05, 0.1) is 17.3 Å². The second-order valence-corrected chi connectivity index (χ2v) is 7.51. The van der Waals surface area contributed by atoms with Crippen molar-refractivity contribution in [1.29, 1.82) is 0 Å². The van der Waals surface area contributed by atoms with Crippen molar-refractivity contribution in [2.45, 2.75) is 24.8 Å². The van der Waals surface area contributed by atoms with E-state index in [-0.39, 0.29) is 6.10 Å². The van der Waals surface area contributed by atoms with E-state index in [1.165, 1.54) is 0 Å². The van der Waals surface area contributed by atoms with Crippen LogP contribution in [-0.4, -0.2) is 42.2 Å². The molecule has 2 unspecified atom stereocenters. The molecule has 0 spiro atoms. The van der Waals surface area contributed by atoms with E-state index in [2.05, 4.69) is 15.6 Å². The van der Waals surface area contributed by atoms with Crippen molar-refractivity contribution in [3.05, 3.63) is 60.2 Å². The molecule has 0 aliphatic heterocycles. The molecule has 0 aliphatic rings. The highest BCUT2D eigenvalue weighted by Crippen LogP contribution is 2.17. The molecule has 0 fully saturated rings. The Labute approximate surface area is 158 Å². The number of ether oxygens (including phenoxy) is 1. The first-order chi connectivity index (χ1) is 12.6. The van der Waals surface area contributed by atoms with E-state index in [0.29, 0.717) is 24.8 Å². The quantitative estimate of drug-likeness (QED) is 0.552. The molecular formula is C20H27N3O2S. The Morgan fingerprint density at radius 3 is 2.50 bits per heavy atom. The van der Waals surface area contributed by atoms with Gasteiger partial charge in [-0.15, -0.1) is 0 Å². The number of para-hydroxylation sites is 1. The minimum atomic E-state index is -1.01. The Hall–Kier alpha value is -2.34. The predicted molar refractivity (Wildman–Crippen MR) is 108 cm³/mol.